The first-order valence-corrected chi connectivity index (χ1v) is 7.70. The van der Waals surface area contributed by atoms with Crippen molar-refractivity contribution in [2.24, 2.45) is 0 Å². The first kappa shape index (κ1) is 17.4. The van der Waals surface area contributed by atoms with Gasteiger partial charge in [0.05, 0.1) is 12.7 Å². The molecule has 1 aromatic carbocycles. The molecular formula is C15H23BrO4. The van der Waals surface area contributed by atoms with Crippen LogP contribution in [-0.2, 0) is 4.74 Å². The Hall–Kier alpha value is -0.620. The van der Waals surface area contributed by atoms with Crippen molar-refractivity contribution in [1.82, 2.24) is 0 Å². The van der Waals surface area contributed by atoms with Crippen molar-refractivity contribution in [3.05, 3.63) is 28.2 Å². The average Bonchev–Trinajstić information content (AvgIpc) is 2.41. The summed E-state index contributed by atoms with van der Waals surface area (Å²) in [6, 6.07) is 5.43. The number of unbranched alkanes of at least 4 members (excludes halogenated alkanes) is 1. The van der Waals surface area contributed by atoms with Gasteiger partial charge in [-0.15, -0.1) is 0 Å². The van der Waals surface area contributed by atoms with Crippen molar-refractivity contribution in [3.8, 4) is 5.75 Å². The molecule has 0 radical (unpaired) electrons. The van der Waals surface area contributed by atoms with Crippen LogP contribution in [-0.4, -0.2) is 36.1 Å². The predicted molar refractivity (Wildman–Crippen MR) is 82.0 cm³/mol. The van der Waals surface area contributed by atoms with E-state index in [0.717, 1.165) is 17.3 Å². The Morgan fingerprint density at radius 2 is 2.00 bits per heavy atom. The van der Waals surface area contributed by atoms with Crippen molar-refractivity contribution in [2.75, 3.05) is 19.8 Å². The van der Waals surface area contributed by atoms with Crippen molar-refractivity contribution < 1.29 is 19.7 Å². The van der Waals surface area contributed by atoms with Crippen LogP contribution in [0.5, 0.6) is 5.75 Å². The number of hydrogen-bond acceptors (Lipinski definition) is 4. The third-order valence-corrected chi connectivity index (χ3v) is 3.30. The van der Waals surface area contributed by atoms with Gasteiger partial charge in [-0.1, -0.05) is 35.3 Å². The summed E-state index contributed by atoms with van der Waals surface area (Å²) in [5, 5.41) is 19.5. The van der Waals surface area contributed by atoms with E-state index in [2.05, 4.69) is 22.9 Å². The molecule has 1 rings (SSSR count). The molecule has 0 aliphatic rings. The van der Waals surface area contributed by atoms with Crippen LogP contribution >= 0.6 is 15.9 Å². The van der Waals surface area contributed by atoms with Crippen LogP contribution in [0.15, 0.2) is 22.7 Å². The van der Waals surface area contributed by atoms with Crippen molar-refractivity contribution in [1.29, 1.82) is 0 Å². The van der Waals surface area contributed by atoms with Gasteiger partial charge in [-0.05, 0) is 25.5 Å². The van der Waals surface area contributed by atoms with Crippen LogP contribution in [0.4, 0.5) is 0 Å². The summed E-state index contributed by atoms with van der Waals surface area (Å²) in [6.07, 6.45) is 0.775. The Morgan fingerprint density at radius 1 is 1.25 bits per heavy atom. The first-order valence-electron chi connectivity index (χ1n) is 6.90. The second-order valence-electron chi connectivity index (χ2n) is 4.75. The topological polar surface area (TPSA) is 58.9 Å². The molecule has 5 heteroatoms. The molecule has 20 heavy (non-hydrogen) atoms. The molecule has 2 unspecified atom stereocenters. The summed E-state index contributed by atoms with van der Waals surface area (Å²) in [4.78, 5) is 0. The molecule has 114 valence electrons. The summed E-state index contributed by atoms with van der Waals surface area (Å²) in [6.45, 7) is 4.83. The summed E-state index contributed by atoms with van der Waals surface area (Å²) in [7, 11) is 0. The Bertz CT molecular complexity index is 395. The highest BCUT2D eigenvalue weighted by Crippen LogP contribution is 2.28. The highest BCUT2D eigenvalue weighted by atomic mass is 79.9. The van der Waals surface area contributed by atoms with Gasteiger partial charge >= 0.3 is 0 Å². The van der Waals surface area contributed by atoms with Crippen LogP contribution in [0.1, 0.15) is 38.4 Å². The maximum atomic E-state index is 9.78. The second kappa shape index (κ2) is 9.34. The van der Waals surface area contributed by atoms with E-state index < -0.39 is 12.2 Å². The van der Waals surface area contributed by atoms with Crippen LogP contribution < -0.4 is 4.74 Å². The smallest absolute Gasteiger partial charge is 0.126 e. The lowest BCUT2D eigenvalue weighted by Crippen LogP contribution is -2.24. The number of benzene rings is 1. The van der Waals surface area contributed by atoms with E-state index in [1.807, 2.05) is 6.07 Å². The molecule has 0 aromatic heterocycles. The zero-order valence-electron chi connectivity index (χ0n) is 12.0. The molecule has 0 bridgehead atoms. The van der Waals surface area contributed by atoms with Gasteiger partial charge < -0.3 is 19.7 Å². The summed E-state index contributed by atoms with van der Waals surface area (Å²) in [5.41, 5.74) is 0.701. The van der Waals surface area contributed by atoms with Gasteiger partial charge in [0, 0.05) is 16.6 Å². The Labute approximate surface area is 128 Å². The maximum absolute atomic E-state index is 9.78. The van der Waals surface area contributed by atoms with Crippen molar-refractivity contribution >= 4 is 15.9 Å². The maximum Gasteiger partial charge on any atom is 0.126 e. The predicted octanol–water partition coefficient (Wildman–Crippen LogP) is 3.06. The van der Waals surface area contributed by atoms with Crippen LogP contribution in [0.3, 0.4) is 0 Å². The molecule has 0 spiro atoms. The number of aliphatic hydroxyl groups is 2. The van der Waals surface area contributed by atoms with Crippen LogP contribution in [0.25, 0.3) is 0 Å². The molecule has 2 N–H and O–H groups in total. The second-order valence-corrected chi connectivity index (χ2v) is 5.67. The highest BCUT2D eigenvalue weighted by Gasteiger charge is 2.12. The van der Waals surface area contributed by atoms with E-state index in [4.69, 9.17) is 9.47 Å². The Morgan fingerprint density at radius 3 is 2.65 bits per heavy atom. The Kier molecular flexibility index (Phi) is 8.14. The van der Waals surface area contributed by atoms with Crippen LogP contribution in [0, 0.1) is 0 Å². The monoisotopic (exact) mass is 346 g/mol. The zero-order chi connectivity index (χ0) is 15.0. The molecule has 0 heterocycles. The Balaban J connectivity index is 2.46. The molecule has 4 nitrogen and oxygen atoms in total. The summed E-state index contributed by atoms with van der Waals surface area (Å²) >= 11 is 3.36. The number of rotatable bonds is 9. The van der Waals surface area contributed by atoms with E-state index >= 15 is 0 Å². The van der Waals surface area contributed by atoms with Gasteiger partial charge in [-0.3, -0.25) is 0 Å². The molecule has 0 fully saturated rings. The van der Waals surface area contributed by atoms with Crippen molar-refractivity contribution in [3.63, 3.8) is 0 Å². The van der Waals surface area contributed by atoms with Gasteiger partial charge in [-0.2, -0.15) is 0 Å². The van der Waals surface area contributed by atoms with E-state index in [9.17, 15) is 10.2 Å². The van der Waals surface area contributed by atoms with Gasteiger partial charge in [0.2, 0.25) is 0 Å². The lowest BCUT2D eigenvalue weighted by Gasteiger charge is -2.16. The van der Waals surface area contributed by atoms with Gasteiger partial charge in [-0.25, -0.2) is 0 Å². The van der Waals surface area contributed by atoms with E-state index in [-0.39, 0.29) is 13.2 Å². The fourth-order valence-electron chi connectivity index (χ4n) is 1.68. The average molecular weight is 347 g/mol. The minimum absolute atomic E-state index is 0.141. The lowest BCUT2D eigenvalue weighted by molar-refractivity contribution is 0.0107. The fraction of sp³-hybridized carbons (Fsp3) is 0.600. The number of hydrogen-bond donors (Lipinski definition) is 2. The van der Waals surface area contributed by atoms with Crippen LogP contribution in [0.2, 0.25) is 0 Å². The third-order valence-electron chi connectivity index (χ3n) is 2.81. The molecule has 0 aliphatic carbocycles. The normalized spacial score (nSPS) is 14.1. The quantitative estimate of drug-likeness (QED) is 0.674. The molecule has 0 aliphatic heterocycles. The van der Waals surface area contributed by atoms with E-state index in [1.165, 1.54) is 0 Å². The summed E-state index contributed by atoms with van der Waals surface area (Å²) in [5.74, 6) is 0.571. The van der Waals surface area contributed by atoms with Gasteiger partial charge in [0.25, 0.3) is 0 Å². The number of aliphatic hydroxyl groups excluding tert-OH is 2. The lowest BCUT2D eigenvalue weighted by atomic mass is 10.1. The standard InChI is InChI=1S/C15H23BrO4/c1-3-4-7-19-9-13(18)10-20-15-8-12(16)5-6-14(15)11(2)17/h5-6,8,11,13,17-18H,3-4,7,9-10H2,1-2H3. The molecule has 0 saturated heterocycles. The molecule has 2 atom stereocenters. The molecule has 0 amide bonds. The number of ether oxygens (including phenoxy) is 2. The van der Waals surface area contributed by atoms with E-state index in [1.54, 1.807) is 19.1 Å². The zero-order valence-corrected chi connectivity index (χ0v) is 13.6. The minimum atomic E-state index is -0.673. The first-order chi connectivity index (χ1) is 9.54. The van der Waals surface area contributed by atoms with Gasteiger partial charge in [0.1, 0.15) is 18.5 Å². The minimum Gasteiger partial charge on any atom is -0.490 e. The molecule has 1 aromatic rings. The molecule has 0 saturated carbocycles. The highest BCUT2D eigenvalue weighted by molar-refractivity contribution is 9.10. The number of halogens is 1. The third kappa shape index (κ3) is 6.22. The SMILES string of the molecule is CCCCOCC(O)COc1cc(Br)ccc1C(C)O. The van der Waals surface area contributed by atoms with Gasteiger partial charge in [0.15, 0.2) is 0 Å². The fourth-order valence-corrected chi connectivity index (χ4v) is 2.02. The van der Waals surface area contributed by atoms with E-state index in [0.29, 0.717) is 17.9 Å². The van der Waals surface area contributed by atoms with Crippen molar-refractivity contribution in [2.45, 2.75) is 38.9 Å². The summed E-state index contributed by atoms with van der Waals surface area (Å²) < 4.78 is 11.8. The molecular weight excluding hydrogens is 324 g/mol. The largest absolute Gasteiger partial charge is 0.490 e.